The number of hydrogen-bond donors (Lipinski definition) is 2. The first-order chi connectivity index (χ1) is 19.3. The highest BCUT2D eigenvalue weighted by Crippen LogP contribution is 2.48. The molecule has 0 atom stereocenters. The van der Waals surface area contributed by atoms with Gasteiger partial charge in [-0.1, -0.05) is 91.0 Å². The van der Waals surface area contributed by atoms with Gasteiger partial charge in [0, 0.05) is 33.9 Å². The normalized spacial score (nSPS) is 11.4. The molecule has 1 aliphatic heterocycles. The maximum Gasteiger partial charge on any atom is 0.139 e. The topological polar surface area (TPSA) is 35.5 Å². The molecule has 3 nitrogen and oxygen atoms in total. The molecule has 0 fully saturated rings. The molecule has 0 spiro atoms. The molecule has 1 aliphatic rings. The van der Waals surface area contributed by atoms with Crippen LogP contribution in [0.1, 0.15) is 0 Å². The van der Waals surface area contributed by atoms with Gasteiger partial charge in [-0.25, -0.2) is 0 Å². The molecule has 0 aliphatic carbocycles. The minimum absolute atomic E-state index is 0.246. The Morgan fingerprint density at radius 1 is 0.436 bits per heavy atom. The standard InChI is InChI=1S/C36H26N2O/c39-35-17-9-16-32-30-14-7-8-15-31(30)33-24-26(20-23-34(33)37-36(32)35)25-18-21-29(22-19-25)38(27-10-3-1-4-11-27)28-12-5-2-6-13-28/h1-24,37,39H. The highest BCUT2D eigenvalue weighted by molar-refractivity contribution is 6.01. The predicted octanol–water partition coefficient (Wildman–Crippen LogP) is 9.92. The van der Waals surface area contributed by atoms with Crippen molar-refractivity contribution < 1.29 is 5.11 Å². The first-order valence-corrected chi connectivity index (χ1v) is 13.1. The molecule has 6 aromatic rings. The van der Waals surface area contributed by atoms with Gasteiger partial charge in [-0.2, -0.15) is 0 Å². The maximum atomic E-state index is 10.6. The van der Waals surface area contributed by atoms with E-state index in [2.05, 4.69) is 125 Å². The van der Waals surface area contributed by atoms with Crippen LogP contribution in [-0.2, 0) is 0 Å². The fourth-order valence-electron chi connectivity index (χ4n) is 5.44. The fraction of sp³-hybridized carbons (Fsp3) is 0. The van der Waals surface area contributed by atoms with Crippen molar-refractivity contribution in [1.29, 1.82) is 0 Å². The Balaban J connectivity index is 1.30. The van der Waals surface area contributed by atoms with Gasteiger partial charge >= 0.3 is 0 Å². The van der Waals surface area contributed by atoms with Gasteiger partial charge in [0.1, 0.15) is 5.75 Å². The smallest absolute Gasteiger partial charge is 0.139 e. The summed E-state index contributed by atoms with van der Waals surface area (Å²) >= 11 is 0. The monoisotopic (exact) mass is 502 g/mol. The molecular formula is C36H26N2O. The average molecular weight is 503 g/mol. The zero-order valence-electron chi connectivity index (χ0n) is 21.3. The van der Waals surface area contributed by atoms with Gasteiger partial charge in [0.05, 0.1) is 5.69 Å². The Hall–Kier alpha value is -5.28. The minimum atomic E-state index is 0.246. The summed E-state index contributed by atoms with van der Waals surface area (Å²) in [4.78, 5) is 2.27. The third kappa shape index (κ3) is 4.11. The molecule has 1 heterocycles. The van der Waals surface area contributed by atoms with Crippen LogP contribution in [0.15, 0.2) is 146 Å². The van der Waals surface area contributed by atoms with E-state index in [1.54, 1.807) is 6.07 Å². The highest BCUT2D eigenvalue weighted by atomic mass is 16.3. The number of aromatic hydroxyl groups is 1. The third-order valence-corrected chi connectivity index (χ3v) is 7.32. The third-order valence-electron chi connectivity index (χ3n) is 7.32. The number of rotatable bonds is 4. The fourth-order valence-corrected chi connectivity index (χ4v) is 5.44. The number of benzene rings is 6. The number of nitrogens with zero attached hydrogens (tertiary/aromatic N) is 1. The van der Waals surface area contributed by atoms with Crippen LogP contribution in [0, 0.1) is 0 Å². The number of phenolic OH excluding ortho intramolecular Hbond substituents is 1. The molecule has 0 amide bonds. The number of hydrogen-bond acceptors (Lipinski definition) is 3. The average Bonchev–Trinajstić information content (AvgIpc) is 3.14. The molecule has 186 valence electrons. The second-order valence-corrected chi connectivity index (χ2v) is 9.68. The van der Waals surface area contributed by atoms with Crippen LogP contribution in [-0.4, -0.2) is 5.11 Å². The van der Waals surface area contributed by atoms with Crippen molar-refractivity contribution in [2.75, 3.05) is 10.2 Å². The van der Waals surface area contributed by atoms with Crippen LogP contribution in [0.5, 0.6) is 5.75 Å². The van der Waals surface area contributed by atoms with E-state index in [1.165, 1.54) is 0 Å². The van der Waals surface area contributed by atoms with E-state index in [-0.39, 0.29) is 5.75 Å². The van der Waals surface area contributed by atoms with Crippen molar-refractivity contribution in [2.45, 2.75) is 0 Å². The first kappa shape index (κ1) is 22.9. The molecule has 0 saturated carbocycles. The van der Waals surface area contributed by atoms with E-state index in [1.807, 2.05) is 24.3 Å². The van der Waals surface area contributed by atoms with E-state index in [0.29, 0.717) is 0 Å². The van der Waals surface area contributed by atoms with Gasteiger partial charge in [-0.15, -0.1) is 0 Å². The number of nitrogens with one attached hydrogen (secondary N) is 1. The van der Waals surface area contributed by atoms with Crippen LogP contribution < -0.4 is 10.2 Å². The van der Waals surface area contributed by atoms with Crippen molar-refractivity contribution in [3.63, 3.8) is 0 Å². The molecule has 0 unspecified atom stereocenters. The SMILES string of the molecule is Oc1cccc2c1Nc1ccc(-c3ccc(N(c4ccccc4)c4ccccc4)cc3)cc1-c1ccccc1-2. The Bertz CT molecular complexity index is 1740. The summed E-state index contributed by atoms with van der Waals surface area (Å²) in [5.41, 5.74) is 11.7. The van der Waals surface area contributed by atoms with E-state index in [0.717, 1.165) is 61.8 Å². The predicted molar refractivity (Wildman–Crippen MR) is 162 cm³/mol. The van der Waals surface area contributed by atoms with Crippen LogP contribution in [0.4, 0.5) is 28.4 Å². The molecule has 0 saturated heterocycles. The van der Waals surface area contributed by atoms with E-state index in [9.17, 15) is 5.11 Å². The molecule has 6 aromatic carbocycles. The van der Waals surface area contributed by atoms with Crippen molar-refractivity contribution >= 4 is 28.4 Å². The van der Waals surface area contributed by atoms with Gasteiger partial charge in [-0.05, 0) is 76.9 Å². The summed E-state index contributed by atoms with van der Waals surface area (Å²) in [6.07, 6.45) is 0. The van der Waals surface area contributed by atoms with Gasteiger partial charge in [0.25, 0.3) is 0 Å². The van der Waals surface area contributed by atoms with Crippen LogP contribution in [0.25, 0.3) is 33.4 Å². The Morgan fingerprint density at radius 2 is 0.974 bits per heavy atom. The van der Waals surface area contributed by atoms with E-state index < -0.39 is 0 Å². The van der Waals surface area contributed by atoms with Crippen LogP contribution >= 0.6 is 0 Å². The molecule has 2 N–H and O–H groups in total. The summed E-state index contributed by atoms with van der Waals surface area (Å²) in [6, 6.07) is 50.2. The zero-order chi connectivity index (χ0) is 26.2. The molecule has 0 aromatic heterocycles. The van der Waals surface area contributed by atoms with E-state index in [4.69, 9.17) is 0 Å². The van der Waals surface area contributed by atoms with Gasteiger partial charge in [-0.3, -0.25) is 0 Å². The summed E-state index contributed by atoms with van der Waals surface area (Å²) in [6.45, 7) is 0. The van der Waals surface area contributed by atoms with Crippen molar-refractivity contribution in [3.8, 4) is 39.1 Å². The largest absolute Gasteiger partial charge is 0.506 e. The van der Waals surface area contributed by atoms with Gasteiger partial charge in [0.15, 0.2) is 0 Å². The molecule has 39 heavy (non-hydrogen) atoms. The summed E-state index contributed by atoms with van der Waals surface area (Å²) in [5.74, 6) is 0.246. The van der Waals surface area contributed by atoms with Crippen LogP contribution in [0.2, 0.25) is 0 Å². The lowest BCUT2D eigenvalue weighted by molar-refractivity contribution is 0.478. The maximum absolute atomic E-state index is 10.6. The molecule has 0 radical (unpaired) electrons. The Morgan fingerprint density at radius 3 is 1.64 bits per heavy atom. The quantitative estimate of drug-likeness (QED) is 0.235. The lowest BCUT2D eigenvalue weighted by Gasteiger charge is -2.25. The summed E-state index contributed by atoms with van der Waals surface area (Å²) < 4.78 is 0. The van der Waals surface area contributed by atoms with Crippen molar-refractivity contribution in [1.82, 2.24) is 0 Å². The lowest BCUT2D eigenvalue weighted by atomic mass is 9.92. The second kappa shape index (κ2) is 9.55. The van der Waals surface area contributed by atoms with Crippen molar-refractivity contribution in [3.05, 3.63) is 146 Å². The molecule has 7 rings (SSSR count). The number of para-hydroxylation sites is 3. The number of anilines is 5. The second-order valence-electron chi connectivity index (χ2n) is 9.68. The molecule has 3 heteroatoms. The summed E-state index contributed by atoms with van der Waals surface area (Å²) in [7, 11) is 0. The Kier molecular flexibility index (Phi) is 5.60. The number of fused-ring (bicyclic) bond motifs is 5. The lowest BCUT2D eigenvalue weighted by Crippen LogP contribution is -2.09. The highest BCUT2D eigenvalue weighted by Gasteiger charge is 2.21. The van der Waals surface area contributed by atoms with Crippen LogP contribution in [0.3, 0.4) is 0 Å². The van der Waals surface area contributed by atoms with Gasteiger partial charge < -0.3 is 15.3 Å². The number of phenols is 1. The minimum Gasteiger partial charge on any atom is -0.506 e. The zero-order valence-corrected chi connectivity index (χ0v) is 21.3. The van der Waals surface area contributed by atoms with Gasteiger partial charge in [0.2, 0.25) is 0 Å². The Labute approximate surface area is 228 Å². The van der Waals surface area contributed by atoms with Crippen molar-refractivity contribution in [2.24, 2.45) is 0 Å². The summed E-state index contributed by atoms with van der Waals surface area (Å²) in [5, 5.41) is 14.1. The molecular weight excluding hydrogens is 476 g/mol. The van der Waals surface area contributed by atoms with E-state index >= 15 is 0 Å². The first-order valence-electron chi connectivity index (χ1n) is 13.1. The molecule has 0 bridgehead atoms.